The number of hydrogen-bond acceptors (Lipinski definition) is 5. The number of rotatable bonds is 2. The van der Waals surface area contributed by atoms with Gasteiger partial charge in [-0.25, -0.2) is 9.97 Å². The minimum Gasteiger partial charge on any atom is -0.378 e. The molecule has 0 radical (unpaired) electrons. The third kappa shape index (κ3) is 2.44. The van der Waals surface area contributed by atoms with E-state index in [0.717, 1.165) is 51.3 Å². The fourth-order valence-electron chi connectivity index (χ4n) is 3.24. The maximum atomic E-state index is 6.10. The summed E-state index contributed by atoms with van der Waals surface area (Å²) in [6, 6.07) is 1.85. The summed E-state index contributed by atoms with van der Waals surface area (Å²) in [4.78, 5) is 10.9. The molecule has 5 nitrogen and oxygen atoms in total. The van der Waals surface area contributed by atoms with E-state index in [0.29, 0.717) is 0 Å². The molecule has 0 N–H and O–H groups in total. The van der Waals surface area contributed by atoms with Crippen LogP contribution in [0.5, 0.6) is 0 Å². The summed E-state index contributed by atoms with van der Waals surface area (Å²) in [6.07, 6.45) is 8.02. The molecule has 1 aromatic rings. The van der Waals surface area contributed by atoms with E-state index in [4.69, 9.17) is 9.47 Å². The highest BCUT2D eigenvalue weighted by Crippen LogP contribution is 2.37. The quantitative estimate of drug-likeness (QED) is 0.812. The zero-order valence-corrected chi connectivity index (χ0v) is 11.4. The molecule has 104 valence electrons. The Morgan fingerprint density at radius 2 is 2.05 bits per heavy atom. The minimum absolute atomic E-state index is 0.0850. The van der Waals surface area contributed by atoms with Crippen LogP contribution in [0.15, 0.2) is 18.5 Å². The Hall–Kier alpha value is -1.20. The number of aromatic nitrogens is 2. The zero-order valence-electron chi connectivity index (χ0n) is 11.4. The van der Waals surface area contributed by atoms with Gasteiger partial charge in [-0.15, -0.1) is 0 Å². The van der Waals surface area contributed by atoms with E-state index in [-0.39, 0.29) is 11.7 Å². The van der Waals surface area contributed by atoms with Crippen LogP contribution in [0.1, 0.15) is 25.7 Å². The molecule has 19 heavy (non-hydrogen) atoms. The van der Waals surface area contributed by atoms with Crippen molar-refractivity contribution in [3.63, 3.8) is 0 Å². The molecular formula is C14H21N3O2. The molecule has 5 heteroatoms. The van der Waals surface area contributed by atoms with Crippen molar-refractivity contribution in [1.29, 1.82) is 0 Å². The Balaban J connectivity index is 1.68. The smallest absolute Gasteiger partial charge is 0.225 e. The second kappa shape index (κ2) is 5.43. The fourth-order valence-corrected chi connectivity index (χ4v) is 3.24. The number of ether oxygens (including phenoxy) is 2. The lowest BCUT2D eigenvalue weighted by Gasteiger charge is -2.47. The van der Waals surface area contributed by atoms with Crippen molar-refractivity contribution in [3.05, 3.63) is 18.5 Å². The van der Waals surface area contributed by atoms with E-state index in [9.17, 15) is 0 Å². The summed E-state index contributed by atoms with van der Waals surface area (Å²) >= 11 is 0. The molecule has 2 aliphatic rings. The molecule has 0 saturated carbocycles. The molecule has 0 amide bonds. The number of methoxy groups -OCH3 is 1. The van der Waals surface area contributed by atoms with E-state index >= 15 is 0 Å². The summed E-state index contributed by atoms with van der Waals surface area (Å²) < 4.78 is 11.8. The summed E-state index contributed by atoms with van der Waals surface area (Å²) in [5.41, 5.74) is -0.0850. The average Bonchev–Trinajstić information content (AvgIpc) is 2.49. The van der Waals surface area contributed by atoms with Crippen LogP contribution in [0, 0.1) is 0 Å². The third-order valence-corrected chi connectivity index (χ3v) is 4.32. The van der Waals surface area contributed by atoms with Crippen LogP contribution in [0.25, 0.3) is 0 Å². The SMILES string of the molecule is CO[C@@H]1CCCOC12CCN(c1ncccn1)CC2. The predicted molar refractivity (Wildman–Crippen MR) is 72.2 cm³/mol. The van der Waals surface area contributed by atoms with Gasteiger partial charge in [-0.3, -0.25) is 0 Å². The van der Waals surface area contributed by atoms with Crippen molar-refractivity contribution >= 4 is 5.95 Å². The Labute approximate surface area is 113 Å². The second-order valence-corrected chi connectivity index (χ2v) is 5.32. The first-order valence-corrected chi connectivity index (χ1v) is 7.03. The van der Waals surface area contributed by atoms with Crippen LogP contribution in [0.4, 0.5) is 5.95 Å². The van der Waals surface area contributed by atoms with Gasteiger partial charge >= 0.3 is 0 Å². The summed E-state index contributed by atoms with van der Waals surface area (Å²) in [7, 11) is 1.80. The highest BCUT2D eigenvalue weighted by Gasteiger charge is 2.45. The van der Waals surface area contributed by atoms with Gasteiger partial charge in [0, 0.05) is 39.2 Å². The lowest BCUT2D eigenvalue weighted by Crippen LogP contribution is -2.56. The topological polar surface area (TPSA) is 47.5 Å². The molecule has 2 saturated heterocycles. The first-order valence-electron chi connectivity index (χ1n) is 7.03. The first-order chi connectivity index (χ1) is 9.34. The molecule has 1 atom stereocenters. The van der Waals surface area contributed by atoms with E-state index in [1.54, 1.807) is 19.5 Å². The van der Waals surface area contributed by atoms with Gasteiger partial charge in [-0.05, 0) is 31.7 Å². The highest BCUT2D eigenvalue weighted by molar-refractivity contribution is 5.30. The molecule has 1 spiro atoms. The van der Waals surface area contributed by atoms with E-state index < -0.39 is 0 Å². The summed E-state index contributed by atoms with van der Waals surface area (Å²) in [5.74, 6) is 0.821. The largest absolute Gasteiger partial charge is 0.378 e. The Bertz CT molecular complexity index is 404. The number of hydrogen-bond donors (Lipinski definition) is 0. The molecule has 0 aromatic carbocycles. The third-order valence-electron chi connectivity index (χ3n) is 4.32. The first kappa shape index (κ1) is 12.8. The summed E-state index contributed by atoms with van der Waals surface area (Å²) in [6.45, 7) is 2.73. The van der Waals surface area contributed by atoms with Gasteiger partial charge in [0.15, 0.2) is 0 Å². The Morgan fingerprint density at radius 3 is 2.74 bits per heavy atom. The van der Waals surface area contributed by atoms with Gasteiger partial charge in [0.2, 0.25) is 5.95 Å². The fraction of sp³-hybridized carbons (Fsp3) is 0.714. The lowest BCUT2D eigenvalue weighted by atomic mass is 9.82. The van der Waals surface area contributed by atoms with Crippen LogP contribution >= 0.6 is 0 Å². The van der Waals surface area contributed by atoms with Crippen molar-refractivity contribution in [3.8, 4) is 0 Å². The second-order valence-electron chi connectivity index (χ2n) is 5.32. The van der Waals surface area contributed by atoms with Crippen molar-refractivity contribution in [2.24, 2.45) is 0 Å². The van der Waals surface area contributed by atoms with Crippen LogP contribution < -0.4 is 4.90 Å². The van der Waals surface area contributed by atoms with Gasteiger partial charge in [0.1, 0.15) is 0 Å². The van der Waals surface area contributed by atoms with E-state index in [2.05, 4.69) is 14.9 Å². The number of anilines is 1. The lowest BCUT2D eigenvalue weighted by molar-refractivity contribution is -0.175. The predicted octanol–water partition coefficient (Wildman–Crippen LogP) is 1.64. The zero-order chi connectivity index (χ0) is 13.1. The molecule has 2 aliphatic heterocycles. The van der Waals surface area contributed by atoms with Crippen molar-refractivity contribution in [2.45, 2.75) is 37.4 Å². The molecule has 1 aromatic heterocycles. The van der Waals surface area contributed by atoms with E-state index in [1.807, 2.05) is 6.07 Å². The molecule has 0 bridgehead atoms. The van der Waals surface area contributed by atoms with Gasteiger partial charge < -0.3 is 14.4 Å². The molecule has 2 fully saturated rings. The Kier molecular flexibility index (Phi) is 3.66. The van der Waals surface area contributed by atoms with Gasteiger partial charge in [0.25, 0.3) is 0 Å². The highest BCUT2D eigenvalue weighted by atomic mass is 16.5. The molecule has 0 unspecified atom stereocenters. The number of nitrogens with zero attached hydrogens (tertiary/aromatic N) is 3. The van der Waals surface area contributed by atoms with Crippen molar-refractivity contribution < 1.29 is 9.47 Å². The minimum atomic E-state index is -0.0850. The maximum absolute atomic E-state index is 6.10. The van der Waals surface area contributed by atoms with Crippen molar-refractivity contribution in [1.82, 2.24) is 9.97 Å². The Morgan fingerprint density at radius 1 is 1.32 bits per heavy atom. The van der Waals surface area contributed by atoms with Crippen LogP contribution in [-0.4, -0.2) is 48.5 Å². The van der Waals surface area contributed by atoms with Crippen LogP contribution in [0.3, 0.4) is 0 Å². The van der Waals surface area contributed by atoms with Crippen molar-refractivity contribution in [2.75, 3.05) is 31.7 Å². The number of piperidine rings is 1. The van der Waals surface area contributed by atoms with Crippen LogP contribution in [-0.2, 0) is 9.47 Å². The summed E-state index contributed by atoms with van der Waals surface area (Å²) in [5, 5.41) is 0. The van der Waals surface area contributed by atoms with Gasteiger partial charge in [-0.2, -0.15) is 0 Å². The normalized spacial score (nSPS) is 26.6. The average molecular weight is 263 g/mol. The standard InChI is InChI=1S/C14H21N3O2/c1-18-12-4-2-11-19-14(12)5-9-17(10-6-14)13-15-7-3-8-16-13/h3,7-8,12H,2,4-6,9-11H2,1H3/t12-/m1/s1. The van der Waals surface area contributed by atoms with Crippen LogP contribution in [0.2, 0.25) is 0 Å². The van der Waals surface area contributed by atoms with Gasteiger partial charge in [-0.1, -0.05) is 0 Å². The van der Waals surface area contributed by atoms with E-state index in [1.165, 1.54) is 0 Å². The molecular weight excluding hydrogens is 242 g/mol. The molecule has 3 rings (SSSR count). The van der Waals surface area contributed by atoms with Gasteiger partial charge in [0.05, 0.1) is 11.7 Å². The molecule has 0 aliphatic carbocycles. The maximum Gasteiger partial charge on any atom is 0.225 e. The molecule has 3 heterocycles. The monoisotopic (exact) mass is 263 g/mol.